The van der Waals surface area contributed by atoms with Crippen LogP contribution < -0.4 is 10.6 Å². The summed E-state index contributed by atoms with van der Waals surface area (Å²) in [6, 6.07) is 13.8. The van der Waals surface area contributed by atoms with E-state index < -0.39 is 11.8 Å². The van der Waals surface area contributed by atoms with Crippen molar-refractivity contribution < 1.29 is 18.5 Å². The topological polar surface area (TPSA) is 106 Å². The number of carbonyl (C=O) groups is 2. The SMILES string of the molecule is CC(C)N1CCN(C(=O)c2ccc(C3=CC4=NCC(c5ccc(NC(=O)Nc6cc(C(C)(C)C)on6)c(F)c5)N4C=C3)cc2)CC1. The normalized spacial score (nSPS) is 18.4. The fraction of sp³-hybridized carbons (Fsp3) is 0.371. The van der Waals surface area contributed by atoms with Gasteiger partial charge in [0.1, 0.15) is 17.4 Å². The van der Waals surface area contributed by atoms with Crippen LogP contribution >= 0.6 is 0 Å². The Kier molecular flexibility index (Phi) is 8.52. The smallest absolute Gasteiger partial charge is 0.325 e. The van der Waals surface area contributed by atoms with Crippen molar-refractivity contribution in [2.75, 3.05) is 43.4 Å². The maximum absolute atomic E-state index is 15.1. The van der Waals surface area contributed by atoms with E-state index in [1.165, 1.54) is 6.07 Å². The molecule has 1 saturated heterocycles. The first kappa shape index (κ1) is 31.2. The largest absolute Gasteiger partial charge is 0.359 e. The van der Waals surface area contributed by atoms with Gasteiger partial charge in [-0.2, -0.15) is 0 Å². The summed E-state index contributed by atoms with van der Waals surface area (Å²) in [5, 5.41) is 8.98. The number of aromatic nitrogens is 1. The molecular weight excluding hydrogens is 585 g/mol. The van der Waals surface area contributed by atoms with Crippen molar-refractivity contribution in [3.8, 4) is 0 Å². The lowest BCUT2D eigenvalue weighted by Gasteiger charge is -2.37. The summed E-state index contributed by atoms with van der Waals surface area (Å²) < 4.78 is 20.4. The van der Waals surface area contributed by atoms with Crippen LogP contribution in [0, 0.1) is 5.82 Å². The fourth-order valence-corrected chi connectivity index (χ4v) is 5.83. The van der Waals surface area contributed by atoms with Gasteiger partial charge in [0.2, 0.25) is 0 Å². The third-order valence-electron chi connectivity index (χ3n) is 8.64. The lowest BCUT2D eigenvalue weighted by atomic mass is 9.93. The van der Waals surface area contributed by atoms with E-state index in [4.69, 9.17) is 9.52 Å². The van der Waals surface area contributed by atoms with Gasteiger partial charge in [0, 0.05) is 55.5 Å². The number of rotatable bonds is 6. The first-order valence-electron chi connectivity index (χ1n) is 15.7. The highest BCUT2D eigenvalue weighted by molar-refractivity contribution is 6.05. The number of anilines is 2. The van der Waals surface area contributed by atoms with Crippen LogP contribution in [0.15, 0.2) is 76.4 Å². The lowest BCUT2D eigenvalue weighted by Crippen LogP contribution is -2.50. The summed E-state index contributed by atoms with van der Waals surface area (Å²) in [5.74, 6) is 1.18. The zero-order valence-corrected chi connectivity index (χ0v) is 26.9. The number of hydrogen-bond donors (Lipinski definition) is 2. The highest BCUT2D eigenvalue weighted by Crippen LogP contribution is 2.34. The Labute approximate surface area is 268 Å². The molecule has 6 rings (SSSR count). The molecule has 2 aromatic carbocycles. The first-order valence-corrected chi connectivity index (χ1v) is 15.7. The number of nitrogens with zero attached hydrogens (tertiary/aromatic N) is 5. The Balaban J connectivity index is 1.06. The summed E-state index contributed by atoms with van der Waals surface area (Å²) in [6.07, 6.45) is 5.97. The summed E-state index contributed by atoms with van der Waals surface area (Å²) in [7, 11) is 0. The van der Waals surface area contributed by atoms with Gasteiger partial charge in [0.05, 0.1) is 18.3 Å². The third kappa shape index (κ3) is 6.60. The summed E-state index contributed by atoms with van der Waals surface area (Å²) >= 11 is 0. The molecule has 1 unspecified atom stereocenters. The molecule has 1 fully saturated rings. The molecule has 4 heterocycles. The molecule has 0 spiro atoms. The van der Waals surface area contributed by atoms with Gasteiger partial charge in [-0.3, -0.25) is 20.0 Å². The number of carbonyl (C=O) groups excluding carboxylic acids is 2. The second-order valence-electron chi connectivity index (χ2n) is 13.2. The second kappa shape index (κ2) is 12.6. The highest BCUT2D eigenvalue weighted by Gasteiger charge is 2.30. The monoisotopic (exact) mass is 625 g/mol. The first-order chi connectivity index (χ1) is 22.0. The molecule has 10 nitrogen and oxygen atoms in total. The number of allylic oxidation sites excluding steroid dienone is 2. The molecule has 46 heavy (non-hydrogen) atoms. The minimum atomic E-state index is -0.620. The molecule has 1 atom stereocenters. The molecule has 0 bridgehead atoms. The van der Waals surface area contributed by atoms with E-state index in [1.54, 1.807) is 18.2 Å². The number of amides is 3. The van der Waals surface area contributed by atoms with Crippen LogP contribution in [0.2, 0.25) is 0 Å². The molecule has 2 N–H and O–H groups in total. The van der Waals surface area contributed by atoms with E-state index in [0.717, 1.165) is 48.7 Å². The average Bonchev–Trinajstić information content (AvgIpc) is 3.69. The molecule has 3 aromatic rings. The standard InChI is InChI=1S/C35H40FN7O3/c1-22(2)41-14-16-42(17-15-41)33(44)24-8-6-23(7-9-24)25-12-13-43-29(21-37-32(43)19-25)26-10-11-28(27(36)18-26)38-34(45)39-31-20-30(46-40-31)35(3,4)5/h6-13,18-20,22,29H,14-17,21H2,1-5H3,(H2,38,39,40,45). The zero-order chi connectivity index (χ0) is 32.6. The average molecular weight is 626 g/mol. The Hall–Kier alpha value is -4.77. The van der Waals surface area contributed by atoms with Gasteiger partial charge in [-0.1, -0.05) is 44.1 Å². The van der Waals surface area contributed by atoms with E-state index in [9.17, 15) is 9.59 Å². The van der Waals surface area contributed by atoms with Gasteiger partial charge < -0.3 is 19.6 Å². The van der Waals surface area contributed by atoms with Gasteiger partial charge in [0.25, 0.3) is 5.91 Å². The number of urea groups is 1. The predicted octanol–water partition coefficient (Wildman–Crippen LogP) is 6.29. The van der Waals surface area contributed by atoms with Gasteiger partial charge >= 0.3 is 6.03 Å². The maximum Gasteiger partial charge on any atom is 0.325 e. The van der Waals surface area contributed by atoms with Gasteiger partial charge in [-0.25, -0.2) is 9.18 Å². The Morgan fingerprint density at radius 1 is 1.00 bits per heavy atom. The van der Waals surface area contributed by atoms with Crippen LogP contribution in [0.4, 0.5) is 20.7 Å². The van der Waals surface area contributed by atoms with Gasteiger partial charge in [-0.15, -0.1) is 0 Å². The van der Waals surface area contributed by atoms with Crippen LogP contribution in [0.25, 0.3) is 5.57 Å². The zero-order valence-electron chi connectivity index (χ0n) is 26.9. The van der Waals surface area contributed by atoms with E-state index in [2.05, 4.69) is 34.5 Å². The number of fused-ring (bicyclic) bond motifs is 1. The van der Waals surface area contributed by atoms with Crippen LogP contribution in [-0.4, -0.2) is 76.4 Å². The maximum atomic E-state index is 15.1. The van der Waals surface area contributed by atoms with Crippen molar-refractivity contribution in [2.24, 2.45) is 4.99 Å². The van der Waals surface area contributed by atoms with E-state index in [1.807, 2.05) is 73.2 Å². The number of nitrogens with one attached hydrogen (secondary N) is 2. The van der Waals surface area contributed by atoms with Crippen LogP contribution in [0.3, 0.4) is 0 Å². The number of hydrogen-bond acceptors (Lipinski definition) is 7. The predicted molar refractivity (Wildman–Crippen MR) is 177 cm³/mol. The van der Waals surface area contributed by atoms with Crippen LogP contribution in [0.1, 0.15) is 67.9 Å². The minimum absolute atomic E-state index is 0.0519. The van der Waals surface area contributed by atoms with Crippen LogP contribution in [-0.2, 0) is 5.41 Å². The van der Waals surface area contributed by atoms with Gasteiger partial charge in [0.15, 0.2) is 5.82 Å². The molecular formula is C35H40FN7O3. The summed E-state index contributed by atoms with van der Waals surface area (Å²) in [6.45, 7) is 14.0. The molecule has 0 aliphatic carbocycles. The molecule has 1 aromatic heterocycles. The Bertz CT molecular complexity index is 1710. The molecule has 11 heteroatoms. The molecule has 0 saturated carbocycles. The second-order valence-corrected chi connectivity index (χ2v) is 13.2. The van der Waals surface area contributed by atoms with Crippen molar-refractivity contribution >= 4 is 34.9 Å². The Morgan fingerprint density at radius 3 is 2.39 bits per heavy atom. The number of aliphatic imine (C=N–C) groups is 1. The van der Waals surface area contributed by atoms with Gasteiger partial charge in [-0.05, 0) is 67.0 Å². The minimum Gasteiger partial charge on any atom is -0.359 e. The molecule has 0 radical (unpaired) electrons. The molecule has 3 aliphatic heterocycles. The number of amidine groups is 1. The van der Waals surface area contributed by atoms with Crippen molar-refractivity contribution in [2.45, 2.75) is 52.1 Å². The fourth-order valence-electron chi connectivity index (χ4n) is 5.83. The lowest BCUT2D eigenvalue weighted by molar-refractivity contribution is 0.0595. The van der Waals surface area contributed by atoms with E-state index in [0.29, 0.717) is 23.9 Å². The molecule has 3 aliphatic rings. The number of halogens is 1. The van der Waals surface area contributed by atoms with Crippen molar-refractivity contribution in [3.63, 3.8) is 0 Å². The Morgan fingerprint density at radius 2 is 1.74 bits per heavy atom. The molecule has 240 valence electrons. The van der Waals surface area contributed by atoms with Crippen molar-refractivity contribution in [1.82, 2.24) is 19.9 Å². The van der Waals surface area contributed by atoms with E-state index >= 15 is 4.39 Å². The quantitative estimate of drug-likeness (QED) is 0.334. The summed E-state index contributed by atoms with van der Waals surface area (Å²) in [5.41, 5.74) is 3.20. The highest BCUT2D eigenvalue weighted by atomic mass is 19.1. The third-order valence-corrected chi connectivity index (χ3v) is 8.64. The van der Waals surface area contributed by atoms with Crippen molar-refractivity contribution in [3.05, 3.63) is 95.2 Å². The van der Waals surface area contributed by atoms with Crippen LogP contribution in [0.5, 0.6) is 0 Å². The van der Waals surface area contributed by atoms with Crippen molar-refractivity contribution in [1.29, 1.82) is 0 Å². The van der Waals surface area contributed by atoms with E-state index in [-0.39, 0.29) is 28.9 Å². The number of piperazine rings is 1. The summed E-state index contributed by atoms with van der Waals surface area (Å²) in [4.78, 5) is 36.6. The molecule has 3 amide bonds. The number of benzene rings is 2.